The van der Waals surface area contributed by atoms with Gasteiger partial charge in [0.15, 0.2) is 23.0 Å². The van der Waals surface area contributed by atoms with E-state index in [4.69, 9.17) is 14.2 Å². The Morgan fingerprint density at radius 1 is 0.938 bits per heavy atom. The van der Waals surface area contributed by atoms with E-state index in [-0.39, 0.29) is 42.1 Å². The highest BCUT2D eigenvalue weighted by molar-refractivity contribution is 6.06. The zero-order chi connectivity index (χ0) is 34.2. The predicted molar refractivity (Wildman–Crippen MR) is 180 cm³/mol. The Morgan fingerprint density at radius 2 is 1.58 bits per heavy atom. The number of methoxy groups -OCH3 is 3. The van der Waals surface area contributed by atoms with Crippen LogP contribution in [0.15, 0.2) is 30.5 Å². The molecule has 3 aliphatic heterocycles. The number of rotatable bonds is 6. The number of nitrogens with one attached hydrogen (secondary N) is 2. The van der Waals surface area contributed by atoms with Crippen LogP contribution in [-0.2, 0) is 12.8 Å². The summed E-state index contributed by atoms with van der Waals surface area (Å²) in [6.45, 7) is 5.94. The zero-order valence-electron chi connectivity index (χ0n) is 28.3. The van der Waals surface area contributed by atoms with Gasteiger partial charge in [0.1, 0.15) is 11.8 Å². The van der Waals surface area contributed by atoms with Crippen molar-refractivity contribution in [2.24, 2.45) is 0 Å². The van der Waals surface area contributed by atoms with Gasteiger partial charge in [0.05, 0.1) is 45.0 Å². The van der Waals surface area contributed by atoms with Crippen LogP contribution in [0.25, 0.3) is 10.9 Å². The number of hydrogen-bond acceptors (Lipinski definition) is 9. The molecule has 4 heterocycles. The maximum absolute atomic E-state index is 13.8. The largest absolute Gasteiger partial charge is 0.504 e. The second-order valence-corrected chi connectivity index (χ2v) is 13.1. The number of para-hydroxylation sites is 1. The van der Waals surface area contributed by atoms with Crippen molar-refractivity contribution in [1.29, 1.82) is 5.26 Å². The molecule has 1 fully saturated rings. The van der Waals surface area contributed by atoms with Crippen molar-refractivity contribution >= 4 is 16.8 Å². The van der Waals surface area contributed by atoms with Gasteiger partial charge in [-0.1, -0.05) is 18.2 Å². The van der Waals surface area contributed by atoms with Gasteiger partial charge in [0, 0.05) is 58.0 Å². The Labute approximate surface area is 279 Å². The number of nitrogens with zero attached hydrogens (tertiary/aromatic N) is 3. The average Bonchev–Trinajstić information content (AvgIpc) is 3.51. The molecule has 4 N–H and O–H groups in total. The third kappa shape index (κ3) is 4.29. The molecule has 1 unspecified atom stereocenters. The van der Waals surface area contributed by atoms with Gasteiger partial charge in [-0.25, -0.2) is 0 Å². The van der Waals surface area contributed by atoms with Gasteiger partial charge in [0.25, 0.3) is 5.91 Å². The Morgan fingerprint density at radius 3 is 2.27 bits per heavy atom. The molecule has 7 rings (SSSR count). The number of phenols is 2. The zero-order valence-corrected chi connectivity index (χ0v) is 28.3. The SMILES string of the molecule is COc1c(C)c(C)c2c(c1O)[C@@H]1[C@@H]3Cc4c(OC)c(C)c(OC)c(O)c4[C@H](CNC(=O)c4c[nH]c5ccccc45)N3C(C#N)[C@H](C2)N1C. The first kappa shape index (κ1) is 31.7. The first-order valence-corrected chi connectivity index (χ1v) is 16.2. The van der Waals surface area contributed by atoms with Crippen LogP contribution < -0.4 is 19.5 Å². The minimum atomic E-state index is -0.628. The molecule has 2 bridgehead atoms. The molecule has 5 atom stereocenters. The summed E-state index contributed by atoms with van der Waals surface area (Å²) in [6.07, 6.45) is 2.65. The highest BCUT2D eigenvalue weighted by Gasteiger charge is 2.56. The molecule has 0 saturated carbocycles. The number of carbonyl (C=O) groups is 1. The quantitative estimate of drug-likeness (QED) is 0.233. The van der Waals surface area contributed by atoms with Crippen LogP contribution >= 0.6 is 0 Å². The number of benzene rings is 3. The first-order valence-electron chi connectivity index (χ1n) is 16.2. The Balaban J connectivity index is 1.42. The minimum Gasteiger partial charge on any atom is -0.504 e. The van der Waals surface area contributed by atoms with Crippen molar-refractivity contribution in [3.63, 3.8) is 0 Å². The summed E-state index contributed by atoms with van der Waals surface area (Å²) in [5, 5.41) is 38.5. The van der Waals surface area contributed by atoms with Gasteiger partial charge < -0.3 is 34.7 Å². The number of phenolic OH excluding ortho intramolecular Hbond substituents is 2. The Hall–Kier alpha value is -4.92. The highest BCUT2D eigenvalue weighted by atomic mass is 16.5. The normalized spacial score (nSPS) is 23.1. The van der Waals surface area contributed by atoms with Gasteiger partial charge >= 0.3 is 0 Å². The topological polar surface area (TPSA) is 143 Å². The number of hydrogen-bond donors (Lipinski definition) is 4. The van der Waals surface area contributed by atoms with Gasteiger partial charge in [-0.15, -0.1) is 0 Å². The van der Waals surface area contributed by atoms with E-state index < -0.39 is 12.1 Å². The van der Waals surface area contributed by atoms with Crippen molar-refractivity contribution in [2.45, 2.75) is 63.8 Å². The van der Waals surface area contributed by atoms with E-state index in [1.165, 1.54) is 7.11 Å². The third-order valence-electron chi connectivity index (χ3n) is 11.1. The lowest BCUT2D eigenvalue weighted by atomic mass is 9.70. The molecule has 4 aromatic rings. The summed E-state index contributed by atoms with van der Waals surface area (Å²) in [5.74, 6) is 1.12. The van der Waals surface area contributed by atoms with Gasteiger partial charge in [0.2, 0.25) is 0 Å². The summed E-state index contributed by atoms with van der Waals surface area (Å²) in [4.78, 5) is 21.3. The lowest BCUT2D eigenvalue weighted by Gasteiger charge is -2.60. The van der Waals surface area contributed by atoms with Crippen molar-refractivity contribution in [1.82, 2.24) is 20.1 Å². The van der Waals surface area contributed by atoms with Crippen LogP contribution in [0.1, 0.15) is 61.4 Å². The summed E-state index contributed by atoms with van der Waals surface area (Å²) in [6, 6.07) is 8.10. The fraction of sp³-hybridized carbons (Fsp3) is 0.405. The maximum Gasteiger partial charge on any atom is 0.253 e. The van der Waals surface area contributed by atoms with E-state index in [2.05, 4.69) is 26.2 Å². The molecule has 3 aliphatic rings. The van der Waals surface area contributed by atoms with Crippen LogP contribution in [0.3, 0.4) is 0 Å². The van der Waals surface area contributed by atoms with E-state index >= 15 is 0 Å². The van der Waals surface area contributed by atoms with Crippen molar-refractivity contribution < 1.29 is 29.2 Å². The molecule has 3 aromatic carbocycles. The Bertz CT molecular complexity index is 2010. The van der Waals surface area contributed by atoms with E-state index in [0.29, 0.717) is 46.8 Å². The summed E-state index contributed by atoms with van der Waals surface area (Å²) < 4.78 is 17.4. The molecule has 1 amide bonds. The second kappa shape index (κ2) is 11.6. The second-order valence-electron chi connectivity index (χ2n) is 13.1. The molecular formula is C37H41N5O6. The number of likely N-dealkylation sites (N-methyl/N-ethyl adjacent to an activating group) is 1. The number of amides is 1. The highest BCUT2D eigenvalue weighted by Crippen LogP contribution is 2.57. The smallest absolute Gasteiger partial charge is 0.253 e. The number of aromatic hydroxyl groups is 2. The monoisotopic (exact) mass is 651 g/mol. The maximum atomic E-state index is 13.8. The minimum absolute atomic E-state index is 0.0345. The Kier molecular flexibility index (Phi) is 7.68. The fourth-order valence-corrected chi connectivity index (χ4v) is 8.89. The summed E-state index contributed by atoms with van der Waals surface area (Å²) >= 11 is 0. The number of nitriles is 1. The molecule has 1 saturated heterocycles. The lowest BCUT2D eigenvalue weighted by Crippen LogP contribution is -2.68. The van der Waals surface area contributed by atoms with E-state index in [9.17, 15) is 20.3 Å². The number of piperazine rings is 1. The molecule has 48 heavy (non-hydrogen) atoms. The number of fused-ring (bicyclic) bond motifs is 8. The number of H-pyrrole nitrogens is 1. The molecule has 0 radical (unpaired) electrons. The van der Waals surface area contributed by atoms with Crippen molar-refractivity contribution in [3.05, 3.63) is 75.0 Å². The number of aromatic nitrogens is 1. The molecule has 0 spiro atoms. The van der Waals surface area contributed by atoms with Crippen LogP contribution in [0.2, 0.25) is 0 Å². The standard InChI is InChI=1S/C37H41N5O6/c1-17-18(2)35(47-6)33(44)30-21(17)12-25-27(14-38)42-26(31(30)41(25)4)13-22-29(32(43)36(48-7)19(3)34(22)46-5)28(42)16-40-37(45)23-15-39-24-11-9-8-10-20(23)24/h8-11,15,25-28,31,39,43-44H,12-13,16H2,1-7H3,(H,40,45)/t25-,26-,27?,28-,31-/m0/s1. The van der Waals surface area contributed by atoms with Crippen molar-refractivity contribution in [2.75, 3.05) is 34.9 Å². The van der Waals surface area contributed by atoms with E-state index in [1.54, 1.807) is 20.4 Å². The number of aromatic amines is 1. The van der Waals surface area contributed by atoms with E-state index in [1.807, 2.05) is 52.1 Å². The van der Waals surface area contributed by atoms with Crippen LogP contribution in [-0.4, -0.2) is 84.0 Å². The summed E-state index contributed by atoms with van der Waals surface area (Å²) in [7, 11) is 6.68. The molecular weight excluding hydrogens is 610 g/mol. The van der Waals surface area contributed by atoms with Crippen LogP contribution in [0.5, 0.6) is 28.7 Å². The third-order valence-corrected chi connectivity index (χ3v) is 11.1. The molecule has 250 valence electrons. The van der Waals surface area contributed by atoms with Crippen molar-refractivity contribution in [3.8, 4) is 34.8 Å². The average molecular weight is 652 g/mol. The van der Waals surface area contributed by atoms with Crippen LogP contribution in [0, 0.1) is 32.1 Å². The molecule has 1 aromatic heterocycles. The molecule has 11 nitrogen and oxygen atoms in total. The lowest BCUT2D eigenvalue weighted by molar-refractivity contribution is -0.0722. The molecule has 0 aliphatic carbocycles. The number of carbonyl (C=O) groups excluding carboxylic acids is 1. The first-order chi connectivity index (χ1) is 23.1. The van der Waals surface area contributed by atoms with Gasteiger partial charge in [-0.2, -0.15) is 5.26 Å². The van der Waals surface area contributed by atoms with Gasteiger partial charge in [-0.05, 0) is 63.4 Å². The summed E-state index contributed by atoms with van der Waals surface area (Å²) in [5.41, 5.74) is 7.11. The van der Waals surface area contributed by atoms with Gasteiger partial charge in [-0.3, -0.25) is 14.6 Å². The predicted octanol–water partition coefficient (Wildman–Crippen LogP) is 4.73. The van der Waals surface area contributed by atoms with E-state index in [0.717, 1.165) is 38.7 Å². The van der Waals surface area contributed by atoms with Crippen LogP contribution in [0.4, 0.5) is 0 Å². The molecule has 11 heteroatoms. The fourth-order valence-electron chi connectivity index (χ4n) is 8.89. The number of ether oxygens (including phenoxy) is 3.